The van der Waals surface area contributed by atoms with Crippen LogP contribution in [0.3, 0.4) is 0 Å². The van der Waals surface area contributed by atoms with Crippen LogP contribution in [-0.4, -0.2) is 34.5 Å². The standard InChI is InChI=1S/C11H12BrN3O2/c1-14(2)10(16)8-4-6-7(12)5-15(3)11(17)9(6)13-8/h4-5,13H,1-3H3. The molecule has 2 heterocycles. The second-order valence-electron chi connectivity index (χ2n) is 4.06. The average Bonchev–Trinajstić information content (AvgIpc) is 2.70. The first kappa shape index (κ1) is 11.9. The van der Waals surface area contributed by atoms with Crippen LogP contribution in [0.4, 0.5) is 0 Å². The number of H-pyrrole nitrogens is 1. The van der Waals surface area contributed by atoms with Gasteiger partial charge < -0.3 is 14.5 Å². The van der Waals surface area contributed by atoms with E-state index in [1.807, 2.05) is 0 Å². The largest absolute Gasteiger partial charge is 0.346 e. The number of nitrogens with zero attached hydrogens (tertiary/aromatic N) is 2. The molecule has 1 amide bonds. The van der Waals surface area contributed by atoms with E-state index in [1.165, 1.54) is 9.47 Å². The molecule has 5 nitrogen and oxygen atoms in total. The fourth-order valence-electron chi connectivity index (χ4n) is 1.64. The molecule has 0 radical (unpaired) electrons. The lowest BCUT2D eigenvalue weighted by Gasteiger charge is -2.07. The summed E-state index contributed by atoms with van der Waals surface area (Å²) in [6.07, 6.45) is 1.68. The minimum absolute atomic E-state index is 0.152. The van der Waals surface area contributed by atoms with E-state index in [4.69, 9.17) is 0 Å². The molecule has 0 saturated carbocycles. The van der Waals surface area contributed by atoms with Crippen LogP contribution in [0.5, 0.6) is 0 Å². The normalized spacial score (nSPS) is 10.8. The number of carbonyl (C=O) groups excluding carboxylic acids is 1. The van der Waals surface area contributed by atoms with Crippen molar-refractivity contribution in [1.29, 1.82) is 0 Å². The molecule has 2 rings (SSSR count). The lowest BCUT2D eigenvalue weighted by molar-refractivity contribution is 0.0823. The van der Waals surface area contributed by atoms with Crippen LogP contribution in [0.1, 0.15) is 10.5 Å². The summed E-state index contributed by atoms with van der Waals surface area (Å²) in [4.78, 5) is 28.0. The number of amides is 1. The lowest BCUT2D eigenvalue weighted by atomic mass is 10.3. The summed E-state index contributed by atoms with van der Waals surface area (Å²) in [7, 11) is 5.00. The van der Waals surface area contributed by atoms with Crippen molar-refractivity contribution in [1.82, 2.24) is 14.5 Å². The number of carbonyl (C=O) groups is 1. The van der Waals surface area contributed by atoms with Gasteiger partial charge in [0.05, 0.1) is 0 Å². The van der Waals surface area contributed by atoms with E-state index in [2.05, 4.69) is 20.9 Å². The topological polar surface area (TPSA) is 58.1 Å². The summed E-state index contributed by atoms with van der Waals surface area (Å²) in [5, 5.41) is 0.721. The molecule has 0 atom stereocenters. The van der Waals surface area contributed by atoms with Crippen LogP contribution in [0.15, 0.2) is 21.5 Å². The Morgan fingerprint density at radius 2 is 2.12 bits per heavy atom. The molecule has 0 aliphatic rings. The Balaban J connectivity index is 2.74. The second kappa shape index (κ2) is 4.03. The van der Waals surface area contributed by atoms with Gasteiger partial charge in [0.25, 0.3) is 11.5 Å². The van der Waals surface area contributed by atoms with E-state index >= 15 is 0 Å². The monoisotopic (exact) mass is 297 g/mol. The number of rotatable bonds is 1. The van der Waals surface area contributed by atoms with Crippen LogP contribution >= 0.6 is 15.9 Å². The summed E-state index contributed by atoms with van der Waals surface area (Å²) in [5.41, 5.74) is 0.696. The van der Waals surface area contributed by atoms with Crippen LogP contribution in [0.25, 0.3) is 10.9 Å². The van der Waals surface area contributed by atoms with E-state index in [0.29, 0.717) is 11.2 Å². The molecular weight excluding hydrogens is 286 g/mol. The van der Waals surface area contributed by atoms with Gasteiger partial charge >= 0.3 is 0 Å². The minimum Gasteiger partial charge on any atom is -0.346 e. The van der Waals surface area contributed by atoms with Crippen molar-refractivity contribution in [3.05, 3.63) is 32.8 Å². The number of halogens is 1. The first-order valence-electron chi connectivity index (χ1n) is 5.01. The highest BCUT2D eigenvalue weighted by atomic mass is 79.9. The molecule has 0 aromatic carbocycles. The zero-order chi connectivity index (χ0) is 12.7. The van der Waals surface area contributed by atoms with Crippen LogP contribution < -0.4 is 5.56 Å². The zero-order valence-corrected chi connectivity index (χ0v) is 11.3. The molecule has 0 unspecified atom stereocenters. The van der Waals surface area contributed by atoms with Gasteiger partial charge in [0, 0.05) is 37.2 Å². The van der Waals surface area contributed by atoms with E-state index in [1.54, 1.807) is 33.4 Å². The maximum Gasteiger partial charge on any atom is 0.274 e. The molecule has 0 spiro atoms. The third kappa shape index (κ3) is 1.88. The Hall–Kier alpha value is -1.56. The number of nitrogens with one attached hydrogen (secondary N) is 1. The van der Waals surface area contributed by atoms with Gasteiger partial charge in [0.15, 0.2) is 0 Å². The molecule has 2 aromatic heterocycles. The van der Waals surface area contributed by atoms with Crippen molar-refractivity contribution in [3.63, 3.8) is 0 Å². The maximum absolute atomic E-state index is 11.9. The first-order valence-corrected chi connectivity index (χ1v) is 5.80. The Morgan fingerprint density at radius 1 is 1.47 bits per heavy atom. The molecule has 0 aliphatic carbocycles. The fraction of sp³-hybridized carbons (Fsp3) is 0.273. The summed E-state index contributed by atoms with van der Waals surface area (Å²) in [6, 6.07) is 1.68. The van der Waals surface area contributed by atoms with Gasteiger partial charge in [-0.2, -0.15) is 0 Å². The number of aryl methyl sites for hydroxylation is 1. The third-order valence-electron chi connectivity index (χ3n) is 2.55. The third-order valence-corrected chi connectivity index (χ3v) is 3.18. The smallest absolute Gasteiger partial charge is 0.274 e. The van der Waals surface area contributed by atoms with Crippen molar-refractivity contribution in [2.75, 3.05) is 14.1 Å². The summed E-state index contributed by atoms with van der Waals surface area (Å²) in [6.45, 7) is 0. The molecular formula is C11H12BrN3O2. The lowest BCUT2D eigenvalue weighted by Crippen LogP contribution is -2.22. The SMILES string of the molecule is CN(C)C(=O)c1cc2c(Br)cn(C)c(=O)c2[nH]1. The predicted octanol–water partition coefficient (Wildman–Crippen LogP) is 1.33. The van der Waals surface area contributed by atoms with Crippen LogP contribution in [-0.2, 0) is 7.05 Å². The second-order valence-corrected chi connectivity index (χ2v) is 4.92. The van der Waals surface area contributed by atoms with Crippen molar-refractivity contribution in [3.8, 4) is 0 Å². The maximum atomic E-state index is 11.9. The number of aromatic amines is 1. The molecule has 0 saturated heterocycles. The number of hydrogen-bond acceptors (Lipinski definition) is 2. The Bertz CT molecular complexity index is 655. The van der Waals surface area contributed by atoms with Crippen molar-refractivity contribution < 1.29 is 4.79 Å². The van der Waals surface area contributed by atoms with Gasteiger partial charge in [-0.1, -0.05) is 0 Å². The minimum atomic E-state index is -0.157. The predicted molar refractivity (Wildman–Crippen MR) is 69.3 cm³/mol. The summed E-state index contributed by atoms with van der Waals surface area (Å²) < 4.78 is 2.25. The van der Waals surface area contributed by atoms with E-state index in [0.717, 1.165) is 9.86 Å². The number of hydrogen-bond donors (Lipinski definition) is 1. The average molecular weight is 298 g/mol. The molecule has 0 aliphatic heterocycles. The van der Waals surface area contributed by atoms with Gasteiger partial charge in [0.2, 0.25) is 0 Å². The van der Waals surface area contributed by atoms with Gasteiger partial charge in [-0.15, -0.1) is 0 Å². The van der Waals surface area contributed by atoms with Crippen molar-refractivity contribution >= 4 is 32.7 Å². The molecule has 1 N–H and O–H groups in total. The Kier molecular flexibility index (Phi) is 2.82. The van der Waals surface area contributed by atoms with Crippen LogP contribution in [0.2, 0.25) is 0 Å². The van der Waals surface area contributed by atoms with E-state index in [-0.39, 0.29) is 11.5 Å². The molecule has 17 heavy (non-hydrogen) atoms. The molecule has 6 heteroatoms. The summed E-state index contributed by atoms with van der Waals surface area (Å²) >= 11 is 3.38. The highest BCUT2D eigenvalue weighted by molar-refractivity contribution is 9.10. The van der Waals surface area contributed by atoms with Crippen molar-refractivity contribution in [2.24, 2.45) is 7.05 Å². The number of pyridine rings is 1. The highest BCUT2D eigenvalue weighted by Crippen LogP contribution is 2.22. The fourth-order valence-corrected chi connectivity index (χ4v) is 2.26. The summed E-state index contributed by atoms with van der Waals surface area (Å²) in [5.74, 6) is -0.157. The zero-order valence-electron chi connectivity index (χ0n) is 9.74. The number of aromatic nitrogens is 2. The molecule has 90 valence electrons. The van der Waals surface area contributed by atoms with E-state index in [9.17, 15) is 9.59 Å². The molecule has 2 aromatic rings. The van der Waals surface area contributed by atoms with Gasteiger partial charge in [-0.3, -0.25) is 9.59 Å². The van der Waals surface area contributed by atoms with Crippen molar-refractivity contribution in [2.45, 2.75) is 0 Å². The quantitative estimate of drug-likeness (QED) is 0.863. The van der Waals surface area contributed by atoms with Gasteiger partial charge in [0.1, 0.15) is 11.2 Å². The molecule has 0 bridgehead atoms. The highest BCUT2D eigenvalue weighted by Gasteiger charge is 2.15. The van der Waals surface area contributed by atoms with Gasteiger partial charge in [-0.25, -0.2) is 0 Å². The Morgan fingerprint density at radius 3 is 2.71 bits per heavy atom. The number of fused-ring (bicyclic) bond motifs is 1. The van der Waals surface area contributed by atoms with Crippen LogP contribution in [0, 0.1) is 0 Å². The Labute approximate surface area is 106 Å². The molecule has 0 fully saturated rings. The van der Waals surface area contributed by atoms with E-state index < -0.39 is 0 Å². The van der Waals surface area contributed by atoms with Gasteiger partial charge in [-0.05, 0) is 22.0 Å². The first-order chi connectivity index (χ1) is 7.91.